The summed E-state index contributed by atoms with van der Waals surface area (Å²) in [5.41, 5.74) is 2.25. The van der Waals surface area contributed by atoms with E-state index in [1.165, 1.54) is 0 Å². The van der Waals surface area contributed by atoms with Gasteiger partial charge >= 0.3 is 0 Å². The highest BCUT2D eigenvalue weighted by Gasteiger charge is 2.19. The van der Waals surface area contributed by atoms with E-state index >= 15 is 0 Å². The number of likely N-dealkylation sites (N-methyl/N-ethyl adjacent to an activating group) is 1. The molecule has 1 aliphatic rings. The monoisotopic (exact) mass is 354 g/mol. The van der Waals surface area contributed by atoms with Gasteiger partial charge in [-0.1, -0.05) is 36.4 Å². The molecule has 3 rings (SSSR count). The molecule has 1 heterocycles. The molecule has 2 aromatic rings. The van der Waals surface area contributed by atoms with Crippen LogP contribution in [0.3, 0.4) is 0 Å². The molecule has 0 radical (unpaired) electrons. The van der Waals surface area contributed by atoms with Gasteiger partial charge in [-0.3, -0.25) is 9.69 Å². The summed E-state index contributed by atoms with van der Waals surface area (Å²) in [5, 5.41) is 0. The summed E-state index contributed by atoms with van der Waals surface area (Å²) in [4.78, 5) is 16.8. The number of carbonyl (C=O) groups excluding carboxylic acids is 1. The van der Waals surface area contributed by atoms with Crippen LogP contribution < -0.4 is 9.47 Å². The molecule has 5 heteroatoms. The third kappa shape index (κ3) is 4.55. The van der Waals surface area contributed by atoms with E-state index < -0.39 is 0 Å². The Hall–Kier alpha value is -2.53. The number of rotatable bonds is 7. The number of ether oxygens (including phenoxy) is 2. The third-order valence-corrected chi connectivity index (χ3v) is 4.43. The van der Waals surface area contributed by atoms with Crippen molar-refractivity contribution in [2.45, 2.75) is 33.0 Å². The van der Waals surface area contributed by atoms with Crippen molar-refractivity contribution in [1.29, 1.82) is 0 Å². The topological polar surface area (TPSA) is 42.0 Å². The van der Waals surface area contributed by atoms with Gasteiger partial charge in [-0.2, -0.15) is 0 Å². The fourth-order valence-electron chi connectivity index (χ4n) is 3.07. The Morgan fingerprint density at radius 2 is 1.73 bits per heavy atom. The lowest BCUT2D eigenvalue weighted by Crippen LogP contribution is -2.42. The summed E-state index contributed by atoms with van der Waals surface area (Å²) in [6.45, 7) is 6.07. The van der Waals surface area contributed by atoms with E-state index in [4.69, 9.17) is 9.47 Å². The number of nitrogens with zero attached hydrogens (tertiary/aromatic N) is 2. The lowest BCUT2D eigenvalue weighted by atomic mass is 10.1. The van der Waals surface area contributed by atoms with Gasteiger partial charge in [-0.25, -0.2) is 0 Å². The van der Waals surface area contributed by atoms with Gasteiger partial charge in [0.1, 0.15) is 0 Å². The Morgan fingerprint density at radius 1 is 1.00 bits per heavy atom. The van der Waals surface area contributed by atoms with Crippen LogP contribution in [0.1, 0.15) is 25.0 Å². The van der Waals surface area contributed by atoms with Gasteiger partial charge < -0.3 is 14.4 Å². The third-order valence-electron chi connectivity index (χ3n) is 4.43. The maximum absolute atomic E-state index is 12.8. The molecule has 0 spiro atoms. The van der Waals surface area contributed by atoms with Crippen LogP contribution >= 0.6 is 0 Å². The largest absolute Gasteiger partial charge is 0.454 e. The number of benzene rings is 2. The normalized spacial score (nSPS) is 12.7. The number of amides is 1. The molecular formula is C21H26N2O3. The van der Waals surface area contributed by atoms with Crippen LogP contribution in [-0.2, 0) is 17.9 Å². The molecule has 0 aromatic heterocycles. The molecule has 0 aliphatic carbocycles. The summed E-state index contributed by atoms with van der Waals surface area (Å²) in [6, 6.07) is 16.2. The predicted octanol–water partition coefficient (Wildman–Crippen LogP) is 3.28. The molecule has 1 aliphatic heterocycles. The number of fused-ring (bicyclic) bond motifs is 1. The Kier molecular flexibility index (Phi) is 5.78. The average molecular weight is 354 g/mol. The smallest absolute Gasteiger partial charge is 0.237 e. The van der Waals surface area contributed by atoms with Gasteiger partial charge in [0.2, 0.25) is 12.7 Å². The highest BCUT2D eigenvalue weighted by atomic mass is 16.7. The summed E-state index contributed by atoms with van der Waals surface area (Å²) in [7, 11) is 1.96. The molecule has 2 aromatic carbocycles. The lowest BCUT2D eigenvalue weighted by molar-refractivity contribution is -0.134. The second-order valence-electron chi connectivity index (χ2n) is 6.96. The Labute approximate surface area is 155 Å². The zero-order valence-corrected chi connectivity index (χ0v) is 15.6. The SMILES string of the molecule is CC(C)N(Cc1ccccc1)C(=O)CN(C)Cc1ccc2c(c1)OCO2. The van der Waals surface area contributed by atoms with Gasteiger partial charge in [0.05, 0.1) is 6.54 Å². The van der Waals surface area contributed by atoms with Crippen LogP contribution in [-0.4, -0.2) is 42.1 Å². The van der Waals surface area contributed by atoms with Crippen LogP contribution in [0.25, 0.3) is 0 Å². The van der Waals surface area contributed by atoms with Crippen molar-refractivity contribution in [3.63, 3.8) is 0 Å². The van der Waals surface area contributed by atoms with E-state index in [0.717, 1.165) is 22.6 Å². The van der Waals surface area contributed by atoms with Crippen LogP contribution in [0.15, 0.2) is 48.5 Å². The number of hydrogen-bond donors (Lipinski definition) is 0. The molecule has 0 saturated carbocycles. The minimum absolute atomic E-state index is 0.132. The summed E-state index contributed by atoms with van der Waals surface area (Å²) < 4.78 is 10.8. The Bertz CT molecular complexity index is 746. The van der Waals surface area contributed by atoms with E-state index in [-0.39, 0.29) is 18.7 Å². The first-order chi connectivity index (χ1) is 12.5. The fourth-order valence-corrected chi connectivity index (χ4v) is 3.07. The molecule has 5 nitrogen and oxygen atoms in total. The molecule has 26 heavy (non-hydrogen) atoms. The molecule has 0 atom stereocenters. The average Bonchev–Trinajstić information content (AvgIpc) is 3.07. The molecule has 138 valence electrons. The molecule has 1 amide bonds. The number of hydrogen-bond acceptors (Lipinski definition) is 4. The van der Waals surface area contributed by atoms with E-state index in [9.17, 15) is 4.79 Å². The molecular weight excluding hydrogens is 328 g/mol. The Balaban J connectivity index is 1.59. The molecule has 0 bridgehead atoms. The maximum Gasteiger partial charge on any atom is 0.237 e. The zero-order valence-electron chi connectivity index (χ0n) is 15.6. The maximum atomic E-state index is 12.8. The van der Waals surface area contributed by atoms with Crippen molar-refractivity contribution in [2.75, 3.05) is 20.4 Å². The lowest BCUT2D eigenvalue weighted by Gasteiger charge is -2.29. The van der Waals surface area contributed by atoms with Gasteiger partial charge in [-0.05, 0) is 44.2 Å². The highest BCUT2D eigenvalue weighted by Crippen LogP contribution is 2.32. The second-order valence-corrected chi connectivity index (χ2v) is 6.96. The van der Waals surface area contributed by atoms with Crippen LogP contribution in [0, 0.1) is 0 Å². The first-order valence-corrected chi connectivity index (χ1v) is 8.93. The fraction of sp³-hybridized carbons (Fsp3) is 0.381. The summed E-state index contributed by atoms with van der Waals surface area (Å²) in [5.74, 6) is 1.68. The molecule has 0 saturated heterocycles. The van der Waals surface area contributed by atoms with Gasteiger partial charge in [0.25, 0.3) is 0 Å². The molecule has 0 N–H and O–H groups in total. The standard InChI is InChI=1S/C21H26N2O3/c1-16(2)23(13-17-7-5-4-6-8-17)21(24)14-22(3)12-18-9-10-19-20(11-18)26-15-25-19/h4-11,16H,12-15H2,1-3H3. The van der Waals surface area contributed by atoms with Crippen LogP contribution in [0.5, 0.6) is 11.5 Å². The van der Waals surface area contributed by atoms with Gasteiger partial charge in [-0.15, -0.1) is 0 Å². The van der Waals surface area contributed by atoms with E-state index in [2.05, 4.69) is 26.0 Å². The first-order valence-electron chi connectivity index (χ1n) is 8.93. The molecule has 0 fully saturated rings. The zero-order chi connectivity index (χ0) is 18.5. The molecule has 0 unspecified atom stereocenters. The highest BCUT2D eigenvalue weighted by molar-refractivity contribution is 5.78. The minimum Gasteiger partial charge on any atom is -0.454 e. The van der Waals surface area contributed by atoms with Crippen molar-refractivity contribution in [2.24, 2.45) is 0 Å². The van der Waals surface area contributed by atoms with E-state index in [1.54, 1.807) is 0 Å². The van der Waals surface area contributed by atoms with E-state index in [1.807, 2.05) is 53.2 Å². The summed E-state index contributed by atoms with van der Waals surface area (Å²) >= 11 is 0. The van der Waals surface area contributed by atoms with Gasteiger partial charge in [0.15, 0.2) is 11.5 Å². The number of carbonyl (C=O) groups is 1. The second kappa shape index (κ2) is 8.23. The van der Waals surface area contributed by atoms with Crippen molar-refractivity contribution in [3.8, 4) is 11.5 Å². The predicted molar refractivity (Wildman–Crippen MR) is 101 cm³/mol. The van der Waals surface area contributed by atoms with Crippen molar-refractivity contribution in [1.82, 2.24) is 9.80 Å². The first kappa shape index (κ1) is 18.3. The van der Waals surface area contributed by atoms with Gasteiger partial charge in [0, 0.05) is 19.1 Å². The van der Waals surface area contributed by atoms with E-state index in [0.29, 0.717) is 19.6 Å². The van der Waals surface area contributed by atoms with Crippen LogP contribution in [0.2, 0.25) is 0 Å². The van der Waals surface area contributed by atoms with Crippen molar-refractivity contribution in [3.05, 3.63) is 59.7 Å². The minimum atomic E-state index is 0.132. The quantitative estimate of drug-likeness (QED) is 0.765. The Morgan fingerprint density at radius 3 is 2.46 bits per heavy atom. The summed E-state index contributed by atoms with van der Waals surface area (Å²) in [6.07, 6.45) is 0. The van der Waals surface area contributed by atoms with Crippen molar-refractivity contribution < 1.29 is 14.3 Å². The van der Waals surface area contributed by atoms with Crippen LogP contribution in [0.4, 0.5) is 0 Å². The van der Waals surface area contributed by atoms with Crippen molar-refractivity contribution >= 4 is 5.91 Å².